The molecule has 1 aliphatic heterocycles. The van der Waals surface area contributed by atoms with Crippen LogP contribution in [-0.2, 0) is 9.53 Å². The van der Waals surface area contributed by atoms with Crippen LogP contribution in [0.3, 0.4) is 0 Å². The number of cyclic esters (lactones) is 1. The number of hydrogen-bond donors (Lipinski definition) is 1. The van der Waals surface area contributed by atoms with E-state index in [9.17, 15) is 9.59 Å². The van der Waals surface area contributed by atoms with E-state index in [4.69, 9.17) is 4.74 Å². The predicted molar refractivity (Wildman–Crippen MR) is 55.4 cm³/mol. The van der Waals surface area contributed by atoms with Crippen LogP contribution in [0.5, 0.6) is 0 Å². The van der Waals surface area contributed by atoms with Crippen molar-refractivity contribution in [2.75, 3.05) is 26.2 Å². The van der Waals surface area contributed by atoms with E-state index in [1.807, 2.05) is 20.8 Å². The molecule has 1 aliphatic rings. The van der Waals surface area contributed by atoms with Gasteiger partial charge >= 0.3 is 6.09 Å². The Kier molecular flexibility index (Phi) is 3.55. The van der Waals surface area contributed by atoms with Gasteiger partial charge in [-0.05, 0) is 0 Å². The summed E-state index contributed by atoms with van der Waals surface area (Å²) in [5.74, 6) is -0.00457. The third kappa shape index (κ3) is 3.42. The van der Waals surface area contributed by atoms with Gasteiger partial charge < -0.3 is 15.0 Å². The summed E-state index contributed by atoms with van der Waals surface area (Å²) >= 11 is 0. The Bertz CT molecular complexity index is 258. The molecule has 1 rings (SSSR count). The molecule has 0 aliphatic carbocycles. The van der Waals surface area contributed by atoms with E-state index in [1.54, 1.807) is 4.90 Å². The first-order valence-corrected chi connectivity index (χ1v) is 5.11. The number of amides is 2. The largest absolute Gasteiger partial charge is 0.448 e. The summed E-state index contributed by atoms with van der Waals surface area (Å²) in [7, 11) is 0. The van der Waals surface area contributed by atoms with E-state index in [-0.39, 0.29) is 17.4 Å². The molecule has 0 unspecified atom stereocenters. The van der Waals surface area contributed by atoms with Crippen molar-refractivity contribution in [3.05, 3.63) is 0 Å². The van der Waals surface area contributed by atoms with Crippen molar-refractivity contribution in [1.82, 2.24) is 10.2 Å². The fourth-order valence-electron chi connectivity index (χ4n) is 1.20. The Hall–Kier alpha value is -1.26. The Labute approximate surface area is 89.8 Å². The second kappa shape index (κ2) is 4.51. The van der Waals surface area contributed by atoms with Gasteiger partial charge in [0.2, 0.25) is 5.91 Å². The fourth-order valence-corrected chi connectivity index (χ4v) is 1.20. The average molecular weight is 214 g/mol. The summed E-state index contributed by atoms with van der Waals surface area (Å²) in [6.45, 7) is 7.62. The van der Waals surface area contributed by atoms with Crippen LogP contribution < -0.4 is 5.32 Å². The molecule has 5 heteroatoms. The van der Waals surface area contributed by atoms with Gasteiger partial charge in [0.15, 0.2) is 0 Å². The monoisotopic (exact) mass is 214 g/mol. The van der Waals surface area contributed by atoms with Gasteiger partial charge in [-0.1, -0.05) is 20.8 Å². The molecule has 0 atom stereocenters. The van der Waals surface area contributed by atoms with Gasteiger partial charge in [0.25, 0.3) is 0 Å². The summed E-state index contributed by atoms with van der Waals surface area (Å²) in [5.41, 5.74) is -0.383. The molecule has 1 fully saturated rings. The molecule has 2 amide bonds. The van der Waals surface area contributed by atoms with Gasteiger partial charge in [0, 0.05) is 18.5 Å². The lowest BCUT2D eigenvalue weighted by Crippen LogP contribution is -2.40. The minimum atomic E-state index is -0.383. The van der Waals surface area contributed by atoms with Gasteiger partial charge in [0.1, 0.15) is 6.61 Å². The van der Waals surface area contributed by atoms with Crippen molar-refractivity contribution < 1.29 is 14.3 Å². The summed E-state index contributed by atoms with van der Waals surface area (Å²) in [6, 6.07) is 0. The van der Waals surface area contributed by atoms with Gasteiger partial charge in [-0.2, -0.15) is 0 Å². The number of nitrogens with one attached hydrogen (secondary N) is 1. The lowest BCUT2D eigenvalue weighted by Gasteiger charge is -2.19. The van der Waals surface area contributed by atoms with Crippen LogP contribution in [0, 0.1) is 5.41 Å². The molecule has 0 radical (unpaired) electrons. The summed E-state index contributed by atoms with van der Waals surface area (Å²) in [4.78, 5) is 24.1. The maximum Gasteiger partial charge on any atom is 0.409 e. The SMILES string of the molecule is CC(C)(C)C(=O)NCCN1CCOC1=O. The Morgan fingerprint density at radius 2 is 2.20 bits per heavy atom. The van der Waals surface area contributed by atoms with Gasteiger partial charge in [-0.25, -0.2) is 4.79 Å². The summed E-state index contributed by atoms with van der Waals surface area (Å²) in [6.07, 6.45) is -0.292. The molecule has 1 heterocycles. The van der Waals surface area contributed by atoms with Crippen LogP contribution in [0.1, 0.15) is 20.8 Å². The predicted octanol–water partition coefficient (Wildman–Crippen LogP) is 0.601. The molecule has 0 spiro atoms. The smallest absolute Gasteiger partial charge is 0.409 e. The van der Waals surface area contributed by atoms with Crippen molar-refractivity contribution in [3.8, 4) is 0 Å². The number of carbonyl (C=O) groups is 2. The molecular weight excluding hydrogens is 196 g/mol. The maximum absolute atomic E-state index is 11.5. The van der Waals surface area contributed by atoms with E-state index >= 15 is 0 Å². The first-order chi connectivity index (χ1) is 6.91. The minimum Gasteiger partial charge on any atom is -0.448 e. The highest BCUT2D eigenvalue weighted by Crippen LogP contribution is 2.12. The number of rotatable bonds is 3. The van der Waals surface area contributed by atoms with Crippen LogP contribution in [0.15, 0.2) is 0 Å². The molecule has 1 N–H and O–H groups in total. The van der Waals surface area contributed by atoms with Crippen LogP contribution >= 0.6 is 0 Å². The Morgan fingerprint density at radius 3 is 2.67 bits per heavy atom. The normalized spacial score (nSPS) is 16.5. The molecule has 15 heavy (non-hydrogen) atoms. The average Bonchev–Trinajstić information content (AvgIpc) is 2.50. The molecule has 0 aromatic rings. The van der Waals surface area contributed by atoms with Crippen molar-refractivity contribution >= 4 is 12.0 Å². The van der Waals surface area contributed by atoms with Crippen molar-refractivity contribution in [2.45, 2.75) is 20.8 Å². The van der Waals surface area contributed by atoms with E-state index in [0.29, 0.717) is 26.2 Å². The maximum atomic E-state index is 11.5. The number of hydrogen-bond acceptors (Lipinski definition) is 3. The fraction of sp³-hybridized carbons (Fsp3) is 0.800. The Balaban J connectivity index is 2.22. The molecular formula is C10H18N2O3. The standard InChI is InChI=1S/C10H18N2O3/c1-10(2,3)8(13)11-4-5-12-6-7-15-9(12)14/h4-7H2,1-3H3,(H,11,13). The van der Waals surface area contributed by atoms with E-state index in [0.717, 1.165) is 0 Å². The van der Waals surface area contributed by atoms with Crippen LogP contribution in [0.2, 0.25) is 0 Å². The highest BCUT2D eigenvalue weighted by atomic mass is 16.6. The second-order valence-electron chi connectivity index (χ2n) is 4.61. The highest BCUT2D eigenvalue weighted by molar-refractivity contribution is 5.81. The van der Waals surface area contributed by atoms with E-state index < -0.39 is 0 Å². The molecule has 1 saturated heterocycles. The third-order valence-electron chi connectivity index (χ3n) is 2.19. The van der Waals surface area contributed by atoms with Gasteiger partial charge in [-0.15, -0.1) is 0 Å². The zero-order valence-electron chi connectivity index (χ0n) is 9.50. The number of ether oxygens (including phenoxy) is 1. The molecule has 86 valence electrons. The minimum absolute atomic E-state index is 0.00457. The molecule has 0 aromatic heterocycles. The van der Waals surface area contributed by atoms with Crippen molar-refractivity contribution in [3.63, 3.8) is 0 Å². The number of nitrogens with zero attached hydrogens (tertiary/aromatic N) is 1. The van der Waals surface area contributed by atoms with Crippen molar-refractivity contribution in [2.24, 2.45) is 5.41 Å². The van der Waals surface area contributed by atoms with E-state index in [1.165, 1.54) is 0 Å². The zero-order chi connectivity index (χ0) is 11.5. The second-order valence-corrected chi connectivity index (χ2v) is 4.61. The first kappa shape index (κ1) is 11.8. The molecule has 0 aromatic carbocycles. The van der Waals surface area contributed by atoms with Gasteiger partial charge in [-0.3, -0.25) is 4.79 Å². The lowest BCUT2D eigenvalue weighted by molar-refractivity contribution is -0.128. The van der Waals surface area contributed by atoms with Crippen LogP contribution in [0.25, 0.3) is 0 Å². The molecule has 0 bridgehead atoms. The summed E-state index contributed by atoms with van der Waals surface area (Å²) < 4.78 is 4.76. The van der Waals surface area contributed by atoms with E-state index in [2.05, 4.69) is 5.32 Å². The zero-order valence-corrected chi connectivity index (χ0v) is 9.50. The first-order valence-electron chi connectivity index (χ1n) is 5.11. The third-order valence-corrected chi connectivity index (χ3v) is 2.19. The van der Waals surface area contributed by atoms with Crippen LogP contribution in [0.4, 0.5) is 4.79 Å². The Morgan fingerprint density at radius 1 is 1.53 bits per heavy atom. The van der Waals surface area contributed by atoms with Crippen LogP contribution in [-0.4, -0.2) is 43.1 Å². The lowest BCUT2D eigenvalue weighted by atomic mass is 9.96. The molecule has 0 saturated carbocycles. The topological polar surface area (TPSA) is 58.6 Å². The molecule has 5 nitrogen and oxygen atoms in total. The summed E-state index contributed by atoms with van der Waals surface area (Å²) in [5, 5.41) is 2.78. The van der Waals surface area contributed by atoms with Gasteiger partial charge in [0.05, 0.1) is 6.54 Å². The quantitative estimate of drug-likeness (QED) is 0.748. The van der Waals surface area contributed by atoms with Crippen molar-refractivity contribution in [1.29, 1.82) is 0 Å². The highest BCUT2D eigenvalue weighted by Gasteiger charge is 2.23. The number of carbonyl (C=O) groups excluding carboxylic acids is 2.